The lowest BCUT2D eigenvalue weighted by atomic mass is 10.1. The molecular weight excluding hydrogens is 390 g/mol. The summed E-state index contributed by atoms with van der Waals surface area (Å²) in [7, 11) is 0. The van der Waals surface area contributed by atoms with E-state index in [-0.39, 0.29) is 24.3 Å². The Morgan fingerprint density at radius 1 is 1.11 bits per heavy atom. The highest BCUT2D eigenvalue weighted by molar-refractivity contribution is 7.98. The largest absolute Gasteiger partial charge is 0.508 e. The van der Waals surface area contributed by atoms with E-state index in [1.54, 1.807) is 12.1 Å². The molecule has 154 valence electrons. The van der Waals surface area contributed by atoms with Crippen molar-refractivity contribution >= 4 is 35.5 Å². The first-order valence-electron chi connectivity index (χ1n) is 8.32. The number of nitrogens with one attached hydrogen (secondary N) is 2. The minimum absolute atomic E-state index is 0.0920. The van der Waals surface area contributed by atoms with E-state index in [1.165, 1.54) is 23.9 Å². The predicted octanol–water partition coefficient (Wildman–Crippen LogP) is -0.497. The summed E-state index contributed by atoms with van der Waals surface area (Å²) < 4.78 is 0. The Bertz CT molecular complexity index is 696. The molecule has 10 nitrogen and oxygen atoms in total. The second-order valence-electron chi connectivity index (χ2n) is 5.90. The SMILES string of the molecule is N[C@@H](CCC(=O)NC(CSCc1ccc(O)cc1)C(=O)NCC(=O)O)C(=O)O. The third-order valence-corrected chi connectivity index (χ3v) is 4.66. The monoisotopic (exact) mass is 413 g/mol. The number of hydrogen-bond donors (Lipinski definition) is 6. The van der Waals surface area contributed by atoms with Crippen LogP contribution >= 0.6 is 11.8 Å². The lowest BCUT2D eigenvalue weighted by Gasteiger charge is -2.18. The van der Waals surface area contributed by atoms with Crippen molar-refractivity contribution in [1.29, 1.82) is 0 Å². The summed E-state index contributed by atoms with van der Waals surface area (Å²) in [6, 6.07) is 4.31. The van der Waals surface area contributed by atoms with Gasteiger partial charge in [0.05, 0.1) is 0 Å². The van der Waals surface area contributed by atoms with Gasteiger partial charge in [0.1, 0.15) is 24.4 Å². The molecule has 11 heteroatoms. The predicted molar refractivity (Wildman–Crippen MR) is 102 cm³/mol. The van der Waals surface area contributed by atoms with E-state index in [0.717, 1.165) is 5.56 Å². The van der Waals surface area contributed by atoms with E-state index in [1.807, 2.05) is 0 Å². The van der Waals surface area contributed by atoms with E-state index in [0.29, 0.717) is 5.75 Å². The maximum atomic E-state index is 12.2. The molecule has 0 saturated carbocycles. The number of carbonyl (C=O) groups is 4. The number of phenols is 1. The Morgan fingerprint density at radius 2 is 1.75 bits per heavy atom. The zero-order valence-electron chi connectivity index (χ0n) is 15.0. The molecule has 2 atom stereocenters. The maximum absolute atomic E-state index is 12.2. The van der Waals surface area contributed by atoms with Crippen molar-refractivity contribution in [2.75, 3.05) is 12.3 Å². The molecule has 0 heterocycles. The average molecular weight is 413 g/mol. The molecular formula is C17H23N3O7S. The summed E-state index contributed by atoms with van der Waals surface area (Å²) >= 11 is 1.33. The molecule has 0 aliphatic heterocycles. The fourth-order valence-corrected chi connectivity index (χ4v) is 3.05. The van der Waals surface area contributed by atoms with Gasteiger partial charge in [0.25, 0.3) is 0 Å². The van der Waals surface area contributed by atoms with E-state index in [2.05, 4.69) is 10.6 Å². The molecule has 2 amide bonds. The van der Waals surface area contributed by atoms with Crippen LogP contribution in [0.4, 0.5) is 0 Å². The van der Waals surface area contributed by atoms with Gasteiger partial charge in [-0.2, -0.15) is 11.8 Å². The third-order valence-electron chi connectivity index (χ3n) is 3.55. The molecule has 0 saturated heterocycles. The lowest BCUT2D eigenvalue weighted by molar-refractivity contribution is -0.139. The second-order valence-corrected chi connectivity index (χ2v) is 6.93. The van der Waals surface area contributed by atoms with Crippen LogP contribution in [0.2, 0.25) is 0 Å². The summed E-state index contributed by atoms with van der Waals surface area (Å²) in [5, 5.41) is 31.4. The van der Waals surface area contributed by atoms with Gasteiger partial charge in [0.15, 0.2) is 0 Å². The van der Waals surface area contributed by atoms with Crippen LogP contribution in [-0.4, -0.2) is 63.5 Å². The smallest absolute Gasteiger partial charge is 0.322 e. The number of rotatable bonds is 12. The molecule has 0 aliphatic rings. The fourth-order valence-electron chi connectivity index (χ4n) is 2.03. The number of amides is 2. The molecule has 7 N–H and O–H groups in total. The third kappa shape index (κ3) is 9.24. The molecule has 1 aromatic rings. The summed E-state index contributed by atoms with van der Waals surface area (Å²) in [4.78, 5) is 45.5. The zero-order valence-corrected chi connectivity index (χ0v) is 15.8. The lowest BCUT2D eigenvalue weighted by Crippen LogP contribution is -2.49. The number of thioether (sulfide) groups is 1. The van der Waals surface area contributed by atoms with Crippen LogP contribution in [-0.2, 0) is 24.9 Å². The maximum Gasteiger partial charge on any atom is 0.322 e. The summed E-state index contributed by atoms with van der Waals surface area (Å²) in [6.45, 7) is -0.586. The van der Waals surface area contributed by atoms with Crippen LogP contribution in [0.25, 0.3) is 0 Å². The highest BCUT2D eigenvalue weighted by Gasteiger charge is 2.22. The van der Waals surface area contributed by atoms with E-state index in [4.69, 9.17) is 15.9 Å². The standard InChI is InChI=1S/C17H23N3O7S/c18-12(17(26)27)5-6-14(22)20-13(16(25)19-7-15(23)24)9-28-8-10-1-3-11(21)4-2-10/h1-4,12-13,21H,5-9,18H2,(H,19,25)(H,20,22)(H,23,24)(H,26,27)/t12-,13?/m0/s1. The first-order chi connectivity index (χ1) is 13.2. The number of benzene rings is 1. The number of nitrogens with two attached hydrogens (primary N) is 1. The number of carboxylic acids is 2. The number of phenolic OH excluding ortho intramolecular Hbond substituents is 1. The van der Waals surface area contributed by atoms with Crippen molar-refractivity contribution in [2.45, 2.75) is 30.7 Å². The highest BCUT2D eigenvalue weighted by Crippen LogP contribution is 2.16. The number of carboxylic acid groups (broad SMARTS) is 2. The van der Waals surface area contributed by atoms with Crippen molar-refractivity contribution in [3.05, 3.63) is 29.8 Å². The molecule has 0 aromatic heterocycles. The van der Waals surface area contributed by atoms with E-state index < -0.39 is 42.4 Å². The highest BCUT2D eigenvalue weighted by atomic mass is 32.2. The molecule has 1 unspecified atom stereocenters. The molecule has 28 heavy (non-hydrogen) atoms. The minimum Gasteiger partial charge on any atom is -0.508 e. The molecule has 0 spiro atoms. The first kappa shape index (κ1) is 23.2. The Kier molecular flexibility index (Phi) is 9.82. The van der Waals surface area contributed by atoms with Gasteiger partial charge in [-0.15, -0.1) is 0 Å². The zero-order chi connectivity index (χ0) is 21.1. The van der Waals surface area contributed by atoms with Gasteiger partial charge in [-0.3, -0.25) is 19.2 Å². The molecule has 0 radical (unpaired) electrons. The van der Waals surface area contributed by atoms with Crippen molar-refractivity contribution < 1.29 is 34.5 Å². The van der Waals surface area contributed by atoms with Crippen molar-refractivity contribution in [1.82, 2.24) is 10.6 Å². The normalized spacial score (nSPS) is 12.6. The molecule has 0 fully saturated rings. The summed E-state index contributed by atoms with van der Waals surface area (Å²) in [5.41, 5.74) is 6.24. The Labute approximate surface area is 165 Å². The number of carbonyl (C=O) groups excluding carboxylic acids is 2. The van der Waals surface area contributed by atoms with Gasteiger partial charge in [-0.1, -0.05) is 12.1 Å². The summed E-state index contributed by atoms with van der Waals surface area (Å²) in [6.07, 6.45) is -0.274. The van der Waals surface area contributed by atoms with Gasteiger partial charge in [-0.05, 0) is 24.1 Å². The second kappa shape index (κ2) is 11.8. The molecule has 1 rings (SSSR count). The Balaban J connectivity index is 2.60. The van der Waals surface area contributed by atoms with Crippen LogP contribution in [0.5, 0.6) is 5.75 Å². The van der Waals surface area contributed by atoms with Gasteiger partial charge in [-0.25, -0.2) is 0 Å². The van der Waals surface area contributed by atoms with Crippen LogP contribution in [0.1, 0.15) is 18.4 Å². The van der Waals surface area contributed by atoms with Gasteiger partial charge in [0, 0.05) is 17.9 Å². The Hall–Kier alpha value is -2.79. The fraction of sp³-hybridized carbons (Fsp3) is 0.412. The van der Waals surface area contributed by atoms with E-state index >= 15 is 0 Å². The minimum atomic E-state index is -1.23. The number of aliphatic carboxylic acids is 2. The average Bonchev–Trinajstić information content (AvgIpc) is 2.64. The molecule has 0 bridgehead atoms. The van der Waals surface area contributed by atoms with Gasteiger partial charge < -0.3 is 31.7 Å². The molecule has 0 aliphatic carbocycles. The molecule has 1 aromatic carbocycles. The van der Waals surface area contributed by atoms with Crippen molar-refractivity contribution in [2.24, 2.45) is 5.73 Å². The van der Waals surface area contributed by atoms with Crippen LogP contribution in [0, 0.1) is 0 Å². The van der Waals surface area contributed by atoms with Crippen LogP contribution in [0.3, 0.4) is 0 Å². The number of hydrogen-bond acceptors (Lipinski definition) is 7. The Morgan fingerprint density at radius 3 is 2.32 bits per heavy atom. The van der Waals surface area contributed by atoms with Gasteiger partial charge >= 0.3 is 11.9 Å². The van der Waals surface area contributed by atoms with Crippen molar-refractivity contribution in [3.63, 3.8) is 0 Å². The topological polar surface area (TPSA) is 179 Å². The van der Waals surface area contributed by atoms with Gasteiger partial charge in [0.2, 0.25) is 11.8 Å². The quantitative estimate of drug-likeness (QED) is 0.263. The van der Waals surface area contributed by atoms with Crippen LogP contribution < -0.4 is 16.4 Å². The van der Waals surface area contributed by atoms with Crippen molar-refractivity contribution in [3.8, 4) is 5.75 Å². The first-order valence-corrected chi connectivity index (χ1v) is 9.47. The van der Waals surface area contributed by atoms with E-state index in [9.17, 15) is 24.3 Å². The number of aromatic hydroxyl groups is 1. The van der Waals surface area contributed by atoms with Crippen LogP contribution in [0.15, 0.2) is 24.3 Å². The summed E-state index contributed by atoms with van der Waals surface area (Å²) in [5.74, 6) is -2.86.